The van der Waals surface area contributed by atoms with E-state index in [-0.39, 0.29) is 18.0 Å². The van der Waals surface area contributed by atoms with Crippen LogP contribution in [0.25, 0.3) is 5.57 Å². The molecular formula is C17H12O2. The summed E-state index contributed by atoms with van der Waals surface area (Å²) in [6, 6.07) is 19.2. The Morgan fingerprint density at radius 2 is 1.11 bits per heavy atom. The van der Waals surface area contributed by atoms with Crippen LogP contribution in [0, 0.1) is 0 Å². The third-order valence-electron chi connectivity index (χ3n) is 3.25. The molecule has 3 rings (SSSR count). The van der Waals surface area contributed by atoms with Gasteiger partial charge in [-0.05, 0) is 11.1 Å². The fraction of sp³-hybridized carbons (Fsp3) is 0.0588. The van der Waals surface area contributed by atoms with Crippen molar-refractivity contribution in [3.63, 3.8) is 0 Å². The molecule has 0 unspecified atom stereocenters. The van der Waals surface area contributed by atoms with Crippen LogP contribution in [-0.2, 0) is 9.59 Å². The summed E-state index contributed by atoms with van der Waals surface area (Å²) in [5.41, 5.74) is 2.91. The molecule has 0 N–H and O–H groups in total. The molecule has 0 saturated heterocycles. The molecule has 19 heavy (non-hydrogen) atoms. The summed E-state index contributed by atoms with van der Waals surface area (Å²) in [6.45, 7) is 0. The normalized spacial score (nSPS) is 14.2. The summed E-state index contributed by atoms with van der Waals surface area (Å²) < 4.78 is 0. The molecule has 1 fully saturated rings. The number of carbonyl (C=O) groups is 2. The Morgan fingerprint density at radius 1 is 0.684 bits per heavy atom. The predicted octanol–water partition coefficient (Wildman–Crippen LogP) is 3.03. The van der Waals surface area contributed by atoms with Gasteiger partial charge in [0.05, 0.1) is 12.0 Å². The van der Waals surface area contributed by atoms with Crippen LogP contribution in [0.3, 0.4) is 0 Å². The maximum absolute atomic E-state index is 11.8. The van der Waals surface area contributed by atoms with Crippen molar-refractivity contribution in [1.29, 1.82) is 0 Å². The number of Topliss-reactive ketones (excluding diaryl/α,β-unsaturated/α-hetero) is 2. The predicted molar refractivity (Wildman–Crippen MR) is 73.5 cm³/mol. The van der Waals surface area contributed by atoms with E-state index in [1.165, 1.54) is 0 Å². The first-order valence-electron chi connectivity index (χ1n) is 6.19. The molecule has 1 saturated carbocycles. The van der Waals surface area contributed by atoms with Crippen molar-refractivity contribution in [2.45, 2.75) is 6.42 Å². The molecule has 92 valence electrons. The summed E-state index contributed by atoms with van der Waals surface area (Å²) in [5, 5.41) is 0. The zero-order chi connectivity index (χ0) is 13.2. The fourth-order valence-corrected chi connectivity index (χ4v) is 2.32. The second-order valence-electron chi connectivity index (χ2n) is 4.51. The van der Waals surface area contributed by atoms with E-state index in [0.717, 1.165) is 16.7 Å². The standard InChI is InChI=1S/C17H12O2/c18-14-11-15(19)17(14)16(12-7-3-1-4-8-12)13-9-5-2-6-10-13/h1-10H,11H2. The lowest BCUT2D eigenvalue weighted by Gasteiger charge is -2.20. The highest BCUT2D eigenvalue weighted by Crippen LogP contribution is 2.32. The summed E-state index contributed by atoms with van der Waals surface area (Å²) in [4.78, 5) is 23.5. The molecule has 0 aliphatic heterocycles. The Balaban J connectivity index is 2.24. The first kappa shape index (κ1) is 11.6. The molecule has 1 aliphatic rings. The van der Waals surface area contributed by atoms with E-state index in [1.54, 1.807) is 0 Å². The second-order valence-corrected chi connectivity index (χ2v) is 4.51. The van der Waals surface area contributed by atoms with Crippen LogP contribution in [0.15, 0.2) is 66.2 Å². The average Bonchev–Trinajstić information content (AvgIpc) is 2.46. The number of carbonyl (C=O) groups excluding carboxylic acids is 2. The Bertz CT molecular complexity index is 609. The molecule has 0 heterocycles. The smallest absolute Gasteiger partial charge is 0.174 e. The van der Waals surface area contributed by atoms with E-state index in [9.17, 15) is 9.59 Å². The minimum Gasteiger partial charge on any atom is -0.294 e. The van der Waals surface area contributed by atoms with Crippen LogP contribution in [0.5, 0.6) is 0 Å². The van der Waals surface area contributed by atoms with Gasteiger partial charge in [0.1, 0.15) is 0 Å². The Labute approximate surface area is 111 Å². The largest absolute Gasteiger partial charge is 0.294 e. The maximum atomic E-state index is 11.8. The highest BCUT2D eigenvalue weighted by molar-refractivity contribution is 6.40. The van der Waals surface area contributed by atoms with Crippen LogP contribution in [0.1, 0.15) is 17.5 Å². The Kier molecular flexibility index (Phi) is 2.84. The molecule has 0 aromatic heterocycles. The van der Waals surface area contributed by atoms with Gasteiger partial charge in [0.15, 0.2) is 11.6 Å². The number of benzene rings is 2. The van der Waals surface area contributed by atoms with Gasteiger partial charge in [0.25, 0.3) is 0 Å². The van der Waals surface area contributed by atoms with Crippen LogP contribution in [-0.4, -0.2) is 11.6 Å². The van der Waals surface area contributed by atoms with Crippen molar-refractivity contribution in [1.82, 2.24) is 0 Å². The van der Waals surface area contributed by atoms with Crippen molar-refractivity contribution in [3.05, 3.63) is 77.4 Å². The van der Waals surface area contributed by atoms with Gasteiger partial charge in [-0.3, -0.25) is 9.59 Å². The zero-order valence-corrected chi connectivity index (χ0v) is 10.3. The van der Waals surface area contributed by atoms with Crippen molar-refractivity contribution < 1.29 is 9.59 Å². The molecule has 0 radical (unpaired) electrons. The van der Waals surface area contributed by atoms with Gasteiger partial charge in [-0.2, -0.15) is 0 Å². The van der Waals surface area contributed by atoms with E-state index >= 15 is 0 Å². The van der Waals surface area contributed by atoms with Crippen LogP contribution in [0.2, 0.25) is 0 Å². The van der Waals surface area contributed by atoms with Gasteiger partial charge in [-0.1, -0.05) is 60.7 Å². The summed E-state index contributed by atoms with van der Waals surface area (Å²) in [6.07, 6.45) is 0.0402. The first-order valence-corrected chi connectivity index (χ1v) is 6.19. The third-order valence-corrected chi connectivity index (χ3v) is 3.25. The quantitative estimate of drug-likeness (QED) is 0.465. The first-order chi connectivity index (χ1) is 9.27. The van der Waals surface area contributed by atoms with E-state index in [0.29, 0.717) is 5.57 Å². The highest BCUT2D eigenvalue weighted by atomic mass is 16.2. The molecule has 2 aromatic carbocycles. The number of allylic oxidation sites excluding steroid dienone is 1. The topological polar surface area (TPSA) is 34.1 Å². The van der Waals surface area contributed by atoms with Gasteiger partial charge < -0.3 is 0 Å². The van der Waals surface area contributed by atoms with Crippen LogP contribution < -0.4 is 0 Å². The van der Waals surface area contributed by atoms with Crippen molar-refractivity contribution in [2.75, 3.05) is 0 Å². The molecule has 2 aromatic rings. The molecule has 2 heteroatoms. The van der Waals surface area contributed by atoms with Crippen molar-refractivity contribution in [3.8, 4) is 0 Å². The van der Waals surface area contributed by atoms with Crippen molar-refractivity contribution >= 4 is 17.1 Å². The zero-order valence-electron chi connectivity index (χ0n) is 10.3. The van der Waals surface area contributed by atoms with Gasteiger partial charge in [0, 0.05) is 5.57 Å². The Morgan fingerprint density at radius 3 is 1.47 bits per heavy atom. The summed E-state index contributed by atoms with van der Waals surface area (Å²) >= 11 is 0. The maximum Gasteiger partial charge on any atom is 0.174 e. The van der Waals surface area contributed by atoms with E-state index in [4.69, 9.17) is 0 Å². The molecular weight excluding hydrogens is 236 g/mol. The van der Waals surface area contributed by atoms with E-state index in [1.807, 2.05) is 60.7 Å². The Hall–Kier alpha value is -2.48. The van der Waals surface area contributed by atoms with Crippen LogP contribution in [0.4, 0.5) is 0 Å². The lowest BCUT2D eigenvalue weighted by molar-refractivity contribution is -0.130. The molecule has 0 atom stereocenters. The lowest BCUT2D eigenvalue weighted by Crippen LogP contribution is -2.29. The number of hydrogen-bond acceptors (Lipinski definition) is 2. The fourth-order valence-electron chi connectivity index (χ4n) is 2.32. The molecule has 0 amide bonds. The molecule has 0 spiro atoms. The number of ketones is 2. The monoisotopic (exact) mass is 248 g/mol. The number of rotatable bonds is 2. The lowest BCUT2D eigenvalue weighted by atomic mass is 9.80. The molecule has 0 bridgehead atoms. The second kappa shape index (κ2) is 4.65. The minimum atomic E-state index is -0.0623. The van der Waals surface area contributed by atoms with Gasteiger partial charge in [0.2, 0.25) is 0 Å². The average molecular weight is 248 g/mol. The summed E-state index contributed by atoms with van der Waals surface area (Å²) in [5.74, 6) is -0.125. The number of hydrogen-bond donors (Lipinski definition) is 0. The molecule has 2 nitrogen and oxygen atoms in total. The van der Waals surface area contributed by atoms with Crippen molar-refractivity contribution in [2.24, 2.45) is 0 Å². The van der Waals surface area contributed by atoms with Crippen LogP contribution >= 0.6 is 0 Å². The minimum absolute atomic E-state index is 0.0402. The van der Waals surface area contributed by atoms with E-state index in [2.05, 4.69) is 0 Å². The molecule has 1 aliphatic carbocycles. The SMILES string of the molecule is O=C1CC(=O)C1=C(c1ccccc1)c1ccccc1. The van der Waals surface area contributed by atoms with Gasteiger partial charge in [-0.15, -0.1) is 0 Å². The van der Waals surface area contributed by atoms with Gasteiger partial charge in [-0.25, -0.2) is 0 Å². The highest BCUT2D eigenvalue weighted by Gasteiger charge is 2.34. The summed E-state index contributed by atoms with van der Waals surface area (Å²) in [7, 11) is 0. The van der Waals surface area contributed by atoms with Gasteiger partial charge >= 0.3 is 0 Å². The third kappa shape index (κ3) is 2.02. The van der Waals surface area contributed by atoms with E-state index < -0.39 is 0 Å².